The zero-order valence-corrected chi connectivity index (χ0v) is 9.25. The molecule has 0 saturated heterocycles. The van der Waals surface area contributed by atoms with Gasteiger partial charge >= 0.3 is 12.8 Å². The van der Waals surface area contributed by atoms with Gasteiger partial charge in [0.25, 0.3) is 0 Å². The van der Waals surface area contributed by atoms with Crippen LogP contribution in [0.1, 0.15) is 24.4 Å². The standard InChI is InChI=1S/C11H12F5NO/c12-10(13)18-8-3-1-7(2-4-8)9(17)5-6-11(14,15)16/h1-4,9-10H,5-6,17H2. The Morgan fingerprint density at radius 2 is 1.67 bits per heavy atom. The fraction of sp³-hybridized carbons (Fsp3) is 0.455. The molecule has 0 spiro atoms. The average Bonchev–Trinajstić information content (AvgIpc) is 2.25. The van der Waals surface area contributed by atoms with Crippen LogP contribution in [-0.4, -0.2) is 12.8 Å². The fourth-order valence-electron chi connectivity index (χ4n) is 1.38. The highest BCUT2D eigenvalue weighted by Gasteiger charge is 2.27. The van der Waals surface area contributed by atoms with Crippen molar-refractivity contribution in [2.75, 3.05) is 0 Å². The number of benzene rings is 1. The summed E-state index contributed by atoms with van der Waals surface area (Å²) in [7, 11) is 0. The van der Waals surface area contributed by atoms with Gasteiger partial charge in [-0.1, -0.05) is 12.1 Å². The van der Waals surface area contributed by atoms with Gasteiger partial charge in [0.1, 0.15) is 5.75 Å². The molecule has 0 amide bonds. The quantitative estimate of drug-likeness (QED) is 0.828. The normalized spacial score (nSPS) is 13.7. The van der Waals surface area contributed by atoms with Crippen LogP contribution in [0.25, 0.3) is 0 Å². The number of nitrogens with two attached hydrogens (primary N) is 1. The molecular weight excluding hydrogens is 257 g/mol. The van der Waals surface area contributed by atoms with Gasteiger partial charge in [-0.2, -0.15) is 22.0 Å². The van der Waals surface area contributed by atoms with Gasteiger partial charge < -0.3 is 10.5 Å². The first kappa shape index (κ1) is 14.7. The molecule has 1 aromatic carbocycles. The molecule has 2 N–H and O–H groups in total. The summed E-state index contributed by atoms with van der Waals surface area (Å²) in [6.45, 7) is -2.94. The van der Waals surface area contributed by atoms with E-state index in [0.29, 0.717) is 5.56 Å². The summed E-state index contributed by atoms with van der Waals surface area (Å²) >= 11 is 0. The number of hydrogen-bond donors (Lipinski definition) is 1. The predicted molar refractivity (Wildman–Crippen MR) is 55.3 cm³/mol. The van der Waals surface area contributed by atoms with Crippen molar-refractivity contribution in [1.82, 2.24) is 0 Å². The topological polar surface area (TPSA) is 35.2 Å². The lowest BCUT2D eigenvalue weighted by Crippen LogP contribution is -2.15. The van der Waals surface area contributed by atoms with E-state index in [4.69, 9.17) is 5.73 Å². The van der Waals surface area contributed by atoms with E-state index >= 15 is 0 Å². The molecule has 0 radical (unpaired) electrons. The smallest absolute Gasteiger partial charge is 0.389 e. The third-order valence-electron chi connectivity index (χ3n) is 2.27. The van der Waals surface area contributed by atoms with Crippen LogP contribution in [0.4, 0.5) is 22.0 Å². The molecule has 0 bridgehead atoms. The Morgan fingerprint density at radius 1 is 1.11 bits per heavy atom. The Bertz CT molecular complexity index is 363. The highest BCUT2D eigenvalue weighted by atomic mass is 19.4. The van der Waals surface area contributed by atoms with E-state index in [-0.39, 0.29) is 12.2 Å². The second-order valence-electron chi connectivity index (χ2n) is 3.71. The Morgan fingerprint density at radius 3 is 2.11 bits per heavy atom. The minimum absolute atomic E-state index is 0.0585. The number of alkyl halides is 5. The molecule has 7 heteroatoms. The molecule has 1 unspecified atom stereocenters. The van der Waals surface area contributed by atoms with Gasteiger partial charge in [-0.3, -0.25) is 0 Å². The van der Waals surface area contributed by atoms with Crippen molar-refractivity contribution in [2.45, 2.75) is 31.7 Å². The van der Waals surface area contributed by atoms with Crippen molar-refractivity contribution in [3.63, 3.8) is 0 Å². The van der Waals surface area contributed by atoms with E-state index in [9.17, 15) is 22.0 Å². The lowest BCUT2D eigenvalue weighted by molar-refractivity contribution is -0.136. The third-order valence-corrected chi connectivity index (χ3v) is 2.27. The maximum absolute atomic E-state index is 12.0. The monoisotopic (exact) mass is 269 g/mol. The molecule has 1 aromatic rings. The van der Waals surface area contributed by atoms with Crippen molar-refractivity contribution in [1.29, 1.82) is 0 Å². The highest BCUT2D eigenvalue weighted by Crippen LogP contribution is 2.27. The van der Waals surface area contributed by atoms with Crippen molar-refractivity contribution >= 4 is 0 Å². The van der Waals surface area contributed by atoms with Gasteiger partial charge in [0.2, 0.25) is 0 Å². The van der Waals surface area contributed by atoms with Gasteiger partial charge in [-0.05, 0) is 24.1 Å². The molecule has 18 heavy (non-hydrogen) atoms. The molecular formula is C11H12F5NO. The summed E-state index contributed by atoms with van der Waals surface area (Å²) in [4.78, 5) is 0. The highest BCUT2D eigenvalue weighted by molar-refractivity contribution is 5.29. The first-order valence-electron chi connectivity index (χ1n) is 5.15. The Labute approximate surface area is 101 Å². The van der Waals surface area contributed by atoms with E-state index in [1.165, 1.54) is 24.3 Å². The molecule has 0 aliphatic carbocycles. The van der Waals surface area contributed by atoms with Gasteiger partial charge in [0, 0.05) is 12.5 Å². The number of halogens is 5. The summed E-state index contributed by atoms with van der Waals surface area (Å²) < 4.78 is 63.8. The van der Waals surface area contributed by atoms with Crippen LogP contribution < -0.4 is 10.5 Å². The number of rotatable bonds is 5. The third kappa shape index (κ3) is 5.31. The Kier molecular flexibility index (Phi) is 4.89. The van der Waals surface area contributed by atoms with Crippen molar-refractivity contribution < 1.29 is 26.7 Å². The molecule has 0 fully saturated rings. The van der Waals surface area contributed by atoms with Crippen LogP contribution in [0.2, 0.25) is 0 Å². The van der Waals surface area contributed by atoms with Gasteiger partial charge in [0.15, 0.2) is 0 Å². The van der Waals surface area contributed by atoms with Gasteiger partial charge in [0.05, 0.1) is 0 Å². The second-order valence-corrected chi connectivity index (χ2v) is 3.71. The Balaban J connectivity index is 2.56. The Hall–Kier alpha value is -1.37. The SMILES string of the molecule is NC(CCC(F)(F)F)c1ccc(OC(F)F)cc1. The van der Waals surface area contributed by atoms with Crippen LogP contribution in [0.3, 0.4) is 0 Å². The van der Waals surface area contributed by atoms with E-state index in [1.807, 2.05) is 0 Å². The van der Waals surface area contributed by atoms with E-state index in [0.717, 1.165) is 0 Å². The summed E-state index contributed by atoms with van der Waals surface area (Å²) in [6.07, 6.45) is -5.49. The molecule has 0 saturated carbocycles. The van der Waals surface area contributed by atoms with Crippen molar-refractivity contribution in [2.24, 2.45) is 5.73 Å². The molecule has 0 aliphatic rings. The van der Waals surface area contributed by atoms with Crippen LogP contribution in [0.15, 0.2) is 24.3 Å². The van der Waals surface area contributed by atoms with Crippen LogP contribution in [0.5, 0.6) is 5.75 Å². The van der Waals surface area contributed by atoms with Crippen molar-refractivity contribution in [3.8, 4) is 5.75 Å². The first-order valence-corrected chi connectivity index (χ1v) is 5.15. The molecule has 0 aliphatic heterocycles. The molecule has 1 atom stereocenters. The summed E-state index contributed by atoms with van der Waals surface area (Å²) in [5.74, 6) is -0.0585. The van der Waals surface area contributed by atoms with E-state index < -0.39 is 25.3 Å². The maximum atomic E-state index is 12.0. The summed E-state index contributed by atoms with van der Waals surface area (Å²) in [5.41, 5.74) is 6.01. The van der Waals surface area contributed by atoms with E-state index in [2.05, 4.69) is 4.74 Å². The van der Waals surface area contributed by atoms with Crippen LogP contribution in [-0.2, 0) is 0 Å². The zero-order valence-electron chi connectivity index (χ0n) is 9.25. The zero-order chi connectivity index (χ0) is 13.8. The minimum Gasteiger partial charge on any atom is -0.435 e. The summed E-state index contributed by atoms with van der Waals surface area (Å²) in [6, 6.07) is 4.45. The number of ether oxygens (including phenoxy) is 1. The van der Waals surface area contributed by atoms with Crippen molar-refractivity contribution in [3.05, 3.63) is 29.8 Å². The predicted octanol–water partition coefficient (Wildman–Crippen LogP) is 3.63. The van der Waals surface area contributed by atoms with Gasteiger partial charge in [-0.15, -0.1) is 0 Å². The maximum Gasteiger partial charge on any atom is 0.389 e. The molecule has 2 nitrogen and oxygen atoms in total. The lowest BCUT2D eigenvalue weighted by atomic mass is 10.0. The first-order chi connectivity index (χ1) is 8.28. The van der Waals surface area contributed by atoms with Gasteiger partial charge in [-0.25, -0.2) is 0 Å². The molecule has 0 aromatic heterocycles. The minimum atomic E-state index is -4.25. The summed E-state index contributed by atoms with van der Waals surface area (Å²) in [5, 5.41) is 0. The number of hydrogen-bond acceptors (Lipinski definition) is 2. The fourth-order valence-corrected chi connectivity index (χ4v) is 1.38. The molecule has 1 rings (SSSR count). The van der Waals surface area contributed by atoms with Crippen LogP contribution >= 0.6 is 0 Å². The second kappa shape index (κ2) is 5.99. The average molecular weight is 269 g/mol. The largest absolute Gasteiger partial charge is 0.435 e. The van der Waals surface area contributed by atoms with E-state index in [1.54, 1.807) is 0 Å². The molecule has 0 heterocycles. The lowest BCUT2D eigenvalue weighted by Gasteiger charge is -2.14. The van der Waals surface area contributed by atoms with Crippen LogP contribution in [0, 0.1) is 0 Å². The molecule has 102 valence electrons.